The maximum atomic E-state index is 10.0. The van der Waals surface area contributed by atoms with Crippen LogP contribution in [-0.4, -0.2) is 45.9 Å². The van der Waals surface area contributed by atoms with Gasteiger partial charge in [-0.1, -0.05) is 0 Å². The Bertz CT molecular complexity index is 410. The monoisotopic (exact) mass is 239 g/mol. The van der Waals surface area contributed by atoms with Gasteiger partial charge in [-0.05, 0) is 19.8 Å². The van der Waals surface area contributed by atoms with Crippen LogP contribution in [0.5, 0.6) is 6.01 Å². The standard InChI is InChI=1S/C10H17N5O2/c1-10(16)4-3-5-15(6-10)8-12-7(11)13-9(14-8)17-2/h16H,3-6H2,1-2H3,(H2,11,12,13,14). The van der Waals surface area contributed by atoms with Crippen molar-refractivity contribution < 1.29 is 9.84 Å². The van der Waals surface area contributed by atoms with Crippen molar-refractivity contribution in [3.05, 3.63) is 0 Å². The van der Waals surface area contributed by atoms with Crippen molar-refractivity contribution in [2.45, 2.75) is 25.4 Å². The van der Waals surface area contributed by atoms with E-state index in [0.717, 1.165) is 19.4 Å². The molecule has 3 N–H and O–H groups in total. The van der Waals surface area contributed by atoms with Crippen LogP contribution in [0.15, 0.2) is 0 Å². The van der Waals surface area contributed by atoms with E-state index < -0.39 is 5.60 Å². The van der Waals surface area contributed by atoms with E-state index in [1.807, 2.05) is 4.90 Å². The lowest BCUT2D eigenvalue weighted by Crippen LogP contribution is -2.46. The number of anilines is 2. The van der Waals surface area contributed by atoms with Crippen molar-refractivity contribution >= 4 is 11.9 Å². The second-order valence-corrected chi connectivity index (χ2v) is 4.50. The summed E-state index contributed by atoms with van der Waals surface area (Å²) in [5, 5.41) is 10.0. The molecule has 17 heavy (non-hydrogen) atoms. The summed E-state index contributed by atoms with van der Waals surface area (Å²) in [6, 6.07) is 0.192. The molecule has 0 spiro atoms. The number of ether oxygens (including phenoxy) is 1. The number of nitrogens with zero attached hydrogens (tertiary/aromatic N) is 4. The molecular formula is C10H17N5O2. The van der Waals surface area contributed by atoms with Crippen LogP contribution in [-0.2, 0) is 0 Å². The molecule has 7 heteroatoms. The fourth-order valence-corrected chi connectivity index (χ4v) is 1.98. The predicted molar refractivity (Wildman–Crippen MR) is 62.9 cm³/mol. The fourth-order valence-electron chi connectivity index (χ4n) is 1.98. The van der Waals surface area contributed by atoms with Gasteiger partial charge in [-0.3, -0.25) is 0 Å². The number of hydrogen-bond donors (Lipinski definition) is 2. The molecule has 0 saturated carbocycles. The average Bonchev–Trinajstić information content (AvgIpc) is 2.27. The van der Waals surface area contributed by atoms with Gasteiger partial charge in [0.05, 0.1) is 12.7 Å². The van der Waals surface area contributed by atoms with Crippen molar-refractivity contribution in [3.63, 3.8) is 0 Å². The third kappa shape index (κ3) is 2.73. The van der Waals surface area contributed by atoms with E-state index in [2.05, 4.69) is 15.0 Å². The minimum Gasteiger partial charge on any atom is -0.467 e. The van der Waals surface area contributed by atoms with Gasteiger partial charge >= 0.3 is 6.01 Å². The van der Waals surface area contributed by atoms with Crippen molar-refractivity contribution in [2.24, 2.45) is 0 Å². The number of nitrogens with two attached hydrogens (primary N) is 1. The molecule has 0 aromatic carbocycles. The van der Waals surface area contributed by atoms with Crippen molar-refractivity contribution in [1.82, 2.24) is 15.0 Å². The Labute approximate surface area is 99.6 Å². The number of hydrogen-bond acceptors (Lipinski definition) is 7. The van der Waals surface area contributed by atoms with Gasteiger partial charge in [0, 0.05) is 13.1 Å². The summed E-state index contributed by atoms with van der Waals surface area (Å²) in [6.07, 6.45) is 1.67. The summed E-state index contributed by atoms with van der Waals surface area (Å²) in [5.41, 5.74) is 4.86. The lowest BCUT2D eigenvalue weighted by molar-refractivity contribution is 0.0444. The van der Waals surface area contributed by atoms with Crippen LogP contribution in [0.3, 0.4) is 0 Å². The molecule has 0 bridgehead atoms. The topological polar surface area (TPSA) is 97.4 Å². The molecule has 1 aromatic heterocycles. The number of methoxy groups -OCH3 is 1. The summed E-state index contributed by atoms with van der Waals surface area (Å²) in [7, 11) is 1.48. The van der Waals surface area contributed by atoms with Crippen molar-refractivity contribution in [3.8, 4) is 6.01 Å². The fraction of sp³-hybridized carbons (Fsp3) is 0.700. The Balaban J connectivity index is 2.24. The maximum absolute atomic E-state index is 10.0. The summed E-state index contributed by atoms with van der Waals surface area (Å²) in [6.45, 7) is 3.09. The first kappa shape index (κ1) is 11.8. The molecule has 0 aliphatic carbocycles. The van der Waals surface area contributed by atoms with Gasteiger partial charge in [0.15, 0.2) is 0 Å². The Kier molecular flexibility index (Phi) is 3.01. The van der Waals surface area contributed by atoms with Crippen LogP contribution in [0.1, 0.15) is 19.8 Å². The van der Waals surface area contributed by atoms with Gasteiger partial charge in [-0.25, -0.2) is 0 Å². The smallest absolute Gasteiger partial charge is 0.322 e. The highest BCUT2D eigenvalue weighted by atomic mass is 16.5. The number of rotatable bonds is 2. The second kappa shape index (κ2) is 4.33. The van der Waals surface area contributed by atoms with Gasteiger partial charge in [-0.15, -0.1) is 0 Å². The molecule has 1 aromatic rings. The molecule has 1 aliphatic heterocycles. The van der Waals surface area contributed by atoms with Crippen LogP contribution in [0.2, 0.25) is 0 Å². The van der Waals surface area contributed by atoms with Crippen LogP contribution in [0.25, 0.3) is 0 Å². The van der Waals surface area contributed by atoms with Gasteiger partial charge in [0.1, 0.15) is 0 Å². The third-order valence-corrected chi connectivity index (χ3v) is 2.76. The Morgan fingerprint density at radius 3 is 2.82 bits per heavy atom. The summed E-state index contributed by atoms with van der Waals surface area (Å²) in [4.78, 5) is 13.9. The Hall–Kier alpha value is -1.63. The molecule has 1 saturated heterocycles. The number of aliphatic hydroxyl groups is 1. The molecule has 0 radical (unpaired) electrons. The molecule has 7 nitrogen and oxygen atoms in total. The summed E-state index contributed by atoms with van der Waals surface area (Å²) in [5.74, 6) is 0.575. The van der Waals surface area contributed by atoms with Gasteiger partial charge < -0.3 is 20.5 Å². The van der Waals surface area contributed by atoms with Gasteiger partial charge in [0.2, 0.25) is 11.9 Å². The molecule has 0 amide bonds. The zero-order valence-electron chi connectivity index (χ0n) is 10.1. The van der Waals surface area contributed by atoms with Crippen molar-refractivity contribution in [1.29, 1.82) is 0 Å². The Morgan fingerprint density at radius 1 is 1.41 bits per heavy atom. The van der Waals surface area contributed by atoms with Crippen LogP contribution >= 0.6 is 0 Å². The lowest BCUT2D eigenvalue weighted by Gasteiger charge is -2.36. The highest BCUT2D eigenvalue weighted by Crippen LogP contribution is 2.24. The zero-order chi connectivity index (χ0) is 12.5. The minimum absolute atomic E-state index is 0.122. The van der Waals surface area contributed by atoms with Crippen LogP contribution in [0.4, 0.5) is 11.9 Å². The Morgan fingerprint density at radius 2 is 2.18 bits per heavy atom. The average molecular weight is 239 g/mol. The summed E-state index contributed by atoms with van der Waals surface area (Å²) < 4.78 is 4.95. The second-order valence-electron chi connectivity index (χ2n) is 4.50. The number of nitrogen functional groups attached to an aromatic ring is 1. The van der Waals surface area contributed by atoms with E-state index in [9.17, 15) is 5.11 Å². The largest absolute Gasteiger partial charge is 0.467 e. The minimum atomic E-state index is -0.715. The zero-order valence-corrected chi connectivity index (χ0v) is 10.1. The van der Waals surface area contributed by atoms with Gasteiger partial charge in [0.25, 0.3) is 0 Å². The highest BCUT2D eigenvalue weighted by Gasteiger charge is 2.30. The van der Waals surface area contributed by atoms with E-state index in [1.165, 1.54) is 7.11 Å². The predicted octanol–water partition coefficient (Wildman–Crippen LogP) is -0.186. The quantitative estimate of drug-likeness (QED) is 0.738. The molecule has 1 unspecified atom stereocenters. The number of piperidine rings is 1. The molecule has 1 fully saturated rings. The molecule has 2 heterocycles. The number of β-amino-alcohol motifs (C(OH)–C–C–N with tert-alkyl or cyclic N) is 1. The maximum Gasteiger partial charge on any atom is 0.322 e. The molecule has 1 aliphatic rings. The molecular weight excluding hydrogens is 222 g/mol. The first-order valence-electron chi connectivity index (χ1n) is 5.53. The molecule has 94 valence electrons. The lowest BCUT2D eigenvalue weighted by atomic mass is 9.95. The first-order valence-corrected chi connectivity index (χ1v) is 5.53. The molecule has 2 rings (SSSR count). The third-order valence-electron chi connectivity index (χ3n) is 2.76. The van der Waals surface area contributed by atoms with Crippen LogP contribution < -0.4 is 15.4 Å². The highest BCUT2D eigenvalue weighted by molar-refractivity contribution is 5.37. The van der Waals surface area contributed by atoms with E-state index in [1.54, 1.807) is 6.92 Å². The van der Waals surface area contributed by atoms with E-state index >= 15 is 0 Å². The molecule has 1 atom stereocenters. The number of aromatic nitrogens is 3. The van der Waals surface area contributed by atoms with E-state index in [-0.39, 0.29) is 12.0 Å². The van der Waals surface area contributed by atoms with Crippen molar-refractivity contribution in [2.75, 3.05) is 30.8 Å². The van der Waals surface area contributed by atoms with Gasteiger partial charge in [-0.2, -0.15) is 15.0 Å². The van der Waals surface area contributed by atoms with Crippen LogP contribution in [0, 0.1) is 0 Å². The van der Waals surface area contributed by atoms with E-state index in [0.29, 0.717) is 12.5 Å². The first-order chi connectivity index (χ1) is 8.00. The normalized spacial score (nSPS) is 24.8. The summed E-state index contributed by atoms with van der Waals surface area (Å²) >= 11 is 0. The van der Waals surface area contributed by atoms with E-state index in [4.69, 9.17) is 10.5 Å². The SMILES string of the molecule is COc1nc(N)nc(N2CCCC(C)(O)C2)n1.